The zero-order valence-corrected chi connectivity index (χ0v) is 16.7. The lowest BCUT2D eigenvalue weighted by molar-refractivity contribution is -0.111. The lowest BCUT2D eigenvalue weighted by atomic mass is 10.3. The monoisotopic (exact) mass is 481 g/mol. The van der Waals surface area contributed by atoms with Gasteiger partial charge in [-0.25, -0.2) is 4.98 Å². The smallest absolute Gasteiger partial charge is 0.248 e. The van der Waals surface area contributed by atoms with Crippen LogP contribution in [0.25, 0.3) is 16.3 Å². The van der Waals surface area contributed by atoms with Gasteiger partial charge in [0, 0.05) is 24.9 Å². The average molecular weight is 481 g/mol. The molecular weight excluding hydrogens is 465 g/mol. The first-order valence-electron chi connectivity index (χ1n) is 8.15. The van der Waals surface area contributed by atoms with Crippen LogP contribution in [-0.2, 0) is 9.53 Å². The molecule has 0 radical (unpaired) electrons. The maximum Gasteiger partial charge on any atom is 0.248 e. The van der Waals surface area contributed by atoms with Crippen LogP contribution >= 0.6 is 33.9 Å². The third-order valence-electron chi connectivity index (χ3n) is 3.92. The van der Waals surface area contributed by atoms with Crippen LogP contribution in [-0.4, -0.2) is 37.2 Å². The lowest BCUT2D eigenvalue weighted by Gasteiger charge is -2.25. The Kier molecular flexibility index (Phi) is 5.23. The number of amides is 1. The van der Waals surface area contributed by atoms with Crippen molar-refractivity contribution in [3.05, 3.63) is 45.9 Å². The van der Waals surface area contributed by atoms with E-state index in [4.69, 9.17) is 9.15 Å². The molecule has 8 heteroatoms. The molecule has 6 nitrogen and oxygen atoms in total. The van der Waals surface area contributed by atoms with Gasteiger partial charge in [-0.3, -0.25) is 4.79 Å². The van der Waals surface area contributed by atoms with Gasteiger partial charge >= 0.3 is 0 Å². The normalized spacial score (nSPS) is 15.0. The minimum atomic E-state index is -0.200. The van der Waals surface area contributed by atoms with E-state index < -0.39 is 0 Å². The highest BCUT2D eigenvalue weighted by Gasteiger charge is 2.15. The Morgan fingerprint density at radius 1 is 1.27 bits per heavy atom. The molecule has 1 saturated heterocycles. The summed E-state index contributed by atoms with van der Waals surface area (Å²) in [6.45, 7) is 3.19. The van der Waals surface area contributed by atoms with Crippen molar-refractivity contribution in [2.45, 2.75) is 0 Å². The van der Waals surface area contributed by atoms with E-state index >= 15 is 0 Å². The number of nitrogens with zero attached hydrogens (tertiary/aromatic N) is 2. The largest absolute Gasteiger partial charge is 0.451 e. The fourth-order valence-electron chi connectivity index (χ4n) is 2.64. The predicted octanol–water partition coefficient (Wildman–Crippen LogP) is 3.98. The van der Waals surface area contributed by atoms with Gasteiger partial charge in [0.2, 0.25) is 5.91 Å². The van der Waals surface area contributed by atoms with Crippen LogP contribution in [0.15, 0.2) is 40.8 Å². The SMILES string of the molecule is O=C(/C=C/c1ccc(I)o1)Nc1ccc2nc(N3CCOCC3)sc2c1. The molecule has 134 valence electrons. The van der Waals surface area contributed by atoms with E-state index in [1.807, 2.05) is 30.3 Å². The summed E-state index contributed by atoms with van der Waals surface area (Å²) in [4.78, 5) is 19.0. The number of carbonyl (C=O) groups is 1. The van der Waals surface area contributed by atoms with Gasteiger partial charge in [0.1, 0.15) is 5.76 Å². The molecule has 1 N–H and O–H groups in total. The molecule has 1 aliphatic heterocycles. The first-order valence-corrected chi connectivity index (χ1v) is 10.0. The summed E-state index contributed by atoms with van der Waals surface area (Å²) in [5.74, 6) is 0.450. The van der Waals surface area contributed by atoms with Gasteiger partial charge in [0.25, 0.3) is 0 Å². The molecule has 1 aromatic carbocycles. The van der Waals surface area contributed by atoms with Crippen LogP contribution in [0.4, 0.5) is 10.8 Å². The summed E-state index contributed by atoms with van der Waals surface area (Å²) in [5, 5.41) is 3.88. The summed E-state index contributed by atoms with van der Waals surface area (Å²) < 4.78 is 12.6. The Labute approximate surface area is 168 Å². The maximum atomic E-state index is 12.1. The molecule has 3 aromatic rings. The van der Waals surface area contributed by atoms with Crippen molar-refractivity contribution >= 4 is 66.9 Å². The number of ether oxygens (including phenoxy) is 1. The number of hydrogen-bond donors (Lipinski definition) is 1. The molecular formula is C18H16IN3O3S. The minimum absolute atomic E-state index is 0.200. The third-order valence-corrected chi connectivity index (χ3v) is 5.58. The molecule has 3 heterocycles. The maximum absolute atomic E-state index is 12.1. The van der Waals surface area contributed by atoms with E-state index in [0.717, 1.165) is 51.1 Å². The third kappa shape index (κ3) is 4.08. The minimum Gasteiger partial charge on any atom is -0.451 e. The number of morpholine rings is 1. The van der Waals surface area contributed by atoms with Crippen molar-refractivity contribution in [2.24, 2.45) is 0 Å². The topological polar surface area (TPSA) is 67.6 Å². The standard InChI is InChI=1S/C18H16IN3O3S/c19-16-5-2-13(25-16)3-6-17(23)20-12-1-4-14-15(11-12)26-18(21-14)22-7-9-24-10-8-22/h1-6,11H,7-10H2,(H,20,23)/b6-3+. The van der Waals surface area contributed by atoms with Gasteiger partial charge in [0.05, 0.1) is 23.4 Å². The Morgan fingerprint density at radius 2 is 2.12 bits per heavy atom. The second-order valence-electron chi connectivity index (χ2n) is 5.74. The van der Waals surface area contributed by atoms with E-state index in [0.29, 0.717) is 5.76 Å². The van der Waals surface area contributed by atoms with E-state index in [2.05, 4.69) is 37.8 Å². The molecule has 1 amide bonds. The van der Waals surface area contributed by atoms with Crippen LogP contribution in [0.3, 0.4) is 0 Å². The van der Waals surface area contributed by atoms with E-state index in [1.54, 1.807) is 17.4 Å². The zero-order chi connectivity index (χ0) is 17.9. The Hall–Kier alpha value is -1.91. The van der Waals surface area contributed by atoms with Crippen LogP contribution in [0, 0.1) is 3.77 Å². The summed E-state index contributed by atoms with van der Waals surface area (Å²) in [6.07, 6.45) is 3.12. The van der Waals surface area contributed by atoms with Crippen LogP contribution in [0.2, 0.25) is 0 Å². The summed E-state index contributed by atoms with van der Waals surface area (Å²) in [5.41, 5.74) is 1.69. The number of thiazole rings is 1. The number of rotatable bonds is 4. The Balaban J connectivity index is 1.46. The van der Waals surface area contributed by atoms with Crippen LogP contribution in [0.5, 0.6) is 0 Å². The number of nitrogens with one attached hydrogen (secondary N) is 1. The van der Waals surface area contributed by atoms with Crippen molar-refractivity contribution < 1.29 is 13.9 Å². The first kappa shape index (κ1) is 17.5. The fourth-order valence-corrected chi connectivity index (χ4v) is 4.13. The highest BCUT2D eigenvalue weighted by molar-refractivity contribution is 14.1. The van der Waals surface area contributed by atoms with Gasteiger partial charge in [0.15, 0.2) is 8.90 Å². The highest BCUT2D eigenvalue weighted by atomic mass is 127. The number of halogens is 1. The van der Waals surface area contributed by atoms with Gasteiger partial charge in [-0.1, -0.05) is 11.3 Å². The van der Waals surface area contributed by atoms with Crippen molar-refractivity contribution in [3.63, 3.8) is 0 Å². The Bertz CT molecular complexity index is 960. The Morgan fingerprint density at radius 3 is 2.88 bits per heavy atom. The second kappa shape index (κ2) is 7.77. The summed E-state index contributed by atoms with van der Waals surface area (Å²) >= 11 is 3.72. The molecule has 2 aromatic heterocycles. The second-order valence-corrected chi connectivity index (χ2v) is 7.82. The van der Waals surface area contributed by atoms with Crippen LogP contribution < -0.4 is 10.2 Å². The van der Waals surface area contributed by atoms with E-state index in [1.165, 1.54) is 6.08 Å². The first-order chi connectivity index (χ1) is 12.7. The predicted molar refractivity (Wildman–Crippen MR) is 112 cm³/mol. The molecule has 4 rings (SSSR count). The zero-order valence-electron chi connectivity index (χ0n) is 13.8. The highest BCUT2D eigenvalue weighted by Crippen LogP contribution is 2.31. The lowest BCUT2D eigenvalue weighted by Crippen LogP contribution is -2.36. The molecule has 26 heavy (non-hydrogen) atoms. The van der Waals surface area contributed by atoms with Crippen molar-refractivity contribution in [2.75, 3.05) is 36.5 Å². The summed E-state index contributed by atoms with van der Waals surface area (Å²) in [6, 6.07) is 9.43. The number of hydrogen-bond acceptors (Lipinski definition) is 6. The number of furan rings is 1. The quantitative estimate of drug-likeness (QED) is 0.451. The van der Waals surface area contributed by atoms with Gasteiger partial charge in [-0.05, 0) is 59.0 Å². The van der Waals surface area contributed by atoms with Crippen molar-refractivity contribution in [1.82, 2.24) is 4.98 Å². The molecule has 1 fully saturated rings. The molecule has 0 spiro atoms. The fraction of sp³-hybridized carbons (Fsp3) is 0.222. The number of fused-ring (bicyclic) bond motifs is 1. The van der Waals surface area contributed by atoms with Crippen molar-refractivity contribution in [3.8, 4) is 0 Å². The van der Waals surface area contributed by atoms with E-state index in [9.17, 15) is 4.79 Å². The molecule has 1 aliphatic rings. The molecule has 0 bridgehead atoms. The van der Waals surface area contributed by atoms with Gasteiger partial charge < -0.3 is 19.4 Å². The van der Waals surface area contributed by atoms with E-state index in [-0.39, 0.29) is 5.91 Å². The molecule has 0 unspecified atom stereocenters. The van der Waals surface area contributed by atoms with Gasteiger partial charge in [-0.2, -0.15) is 0 Å². The number of anilines is 2. The molecule has 0 saturated carbocycles. The van der Waals surface area contributed by atoms with Gasteiger partial charge in [-0.15, -0.1) is 0 Å². The van der Waals surface area contributed by atoms with Crippen molar-refractivity contribution in [1.29, 1.82) is 0 Å². The number of aromatic nitrogens is 1. The number of carbonyl (C=O) groups excluding carboxylic acids is 1. The van der Waals surface area contributed by atoms with Crippen LogP contribution in [0.1, 0.15) is 5.76 Å². The number of benzene rings is 1. The molecule has 0 aliphatic carbocycles. The summed E-state index contributed by atoms with van der Waals surface area (Å²) in [7, 11) is 0. The molecule has 0 atom stereocenters. The average Bonchev–Trinajstić information content (AvgIpc) is 3.26.